The van der Waals surface area contributed by atoms with Crippen molar-refractivity contribution in [3.05, 3.63) is 11.3 Å². The Hall–Kier alpha value is -1.58. The summed E-state index contributed by atoms with van der Waals surface area (Å²) in [6.45, 7) is 4.91. The van der Waals surface area contributed by atoms with Gasteiger partial charge in [-0.2, -0.15) is 10.4 Å². The van der Waals surface area contributed by atoms with Crippen molar-refractivity contribution in [2.45, 2.75) is 13.0 Å². The Bertz CT molecular complexity index is 428. The molecule has 1 fully saturated rings. The van der Waals surface area contributed by atoms with E-state index in [1.807, 2.05) is 14.0 Å². The molecule has 0 radical (unpaired) electrons. The molecule has 2 heterocycles. The van der Waals surface area contributed by atoms with Gasteiger partial charge in [-0.25, -0.2) is 0 Å². The lowest BCUT2D eigenvalue weighted by atomic mass is 10.2. The van der Waals surface area contributed by atoms with Crippen molar-refractivity contribution in [3.63, 3.8) is 0 Å². The fraction of sp³-hybridized carbons (Fsp3) is 0.636. The van der Waals surface area contributed by atoms with Crippen LogP contribution in [0.3, 0.4) is 0 Å². The number of aryl methyl sites for hydroxylation is 2. The first kappa shape index (κ1) is 11.9. The predicted octanol–water partition coefficient (Wildman–Crippen LogP) is 0.000500. The molecule has 6 heteroatoms. The second-order valence-electron chi connectivity index (χ2n) is 4.15. The summed E-state index contributed by atoms with van der Waals surface area (Å²) in [4.78, 5) is 0. The van der Waals surface area contributed by atoms with Crippen LogP contribution >= 0.6 is 0 Å². The fourth-order valence-electron chi connectivity index (χ4n) is 1.97. The van der Waals surface area contributed by atoms with E-state index in [4.69, 9.17) is 10.00 Å². The van der Waals surface area contributed by atoms with E-state index in [9.17, 15) is 0 Å². The summed E-state index contributed by atoms with van der Waals surface area (Å²) in [6, 6.07) is 2.46. The van der Waals surface area contributed by atoms with E-state index < -0.39 is 0 Å². The van der Waals surface area contributed by atoms with Gasteiger partial charge in [-0.15, -0.1) is 0 Å². The number of morpholine rings is 1. The third-order valence-electron chi connectivity index (χ3n) is 2.85. The summed E-state index contributed by atoms with van der Waals surface area (Å²) < 4.78 is 7.08. The molecule has 17 heavy (non-hydrogen) atoms. The maximum absolute atomic E-state index is 9.07. The lowest BCUT2D eigenvalue weighted by Gasteiger charge is -2.24. The molecular weight excluding hydrogens is 218 g/mol. The van der Waals surface area contributed by atoms with Gasteiger partial charge >= 0.3 is 0 Å². The highest BCUT2D eigenvalue weighted by atomic mass is 16.5. The number of aromatic nitrogens is 2. The number of ether oxygens (including phenoxy) is 1. The highest BCUT2D eigenvalue weighted by Crippen LogP contribution is 2.17. The van der Waals surface area contributed by atoms with Gasteiger partial charge in [0, 0.05) is 26.2 Å². The van der Waals surface area contributed by atoms with Gasteiger partial charge in [-0.1, -0.05) is 0 Å². The number of nitrogens with one attached hydrogen (secondary N) is 2. The summed E-state index contributed by atoms with van der Waals surface area (Å²) in [5, 5.41) is 19.9. The van der Waals surface area contributed by atoms with E-state index in [0.29, 0.717) is 12.2 Å². The number of nitrogens with zero attached hydrogens (tertiary/aromatic N) is 3. The molecule has 0 saturated carbocycles. The average Bonchev–Trinajstić information content (AvgIpc) is 2.62. The molecule has 6 nitrogen and oxygen atoms in total. The van der Waals surface area contributed by atoms with Gasteiger partial charge in [-0.3, -0.25) is 4.68 Å². The fourth-order valence-corrected chi connectivity index (χ4v) is 1.97. The Balaban J connectivity index is 2.01. The monoisotopic (exact) mass is 235 g/mol. The summed E-state index contributed by atoms with van der Waals surface area (Å²) in [6.07, 6.45) is 0. The van der Waals surface area contributed by atoms with Crippen LogP contribution in [-0.4, -0.2) is 42.1 Å². The third kappa shape index (κ3) is 2.57. The molecule has 1 aromatic heterocycles. The van der Waals surface area contributed by atoms with E-state index in [-0.39, 0.29) is 6.04 Å². The molecule has 0 spiro atoms. The Morgan fingerprint density at radius 2 is 2.53 bits per heavy atom. The van der Waals surface area contributed by atoms with Crippen LogP contribution in [-0.2, 0) is 11.8 Å². The van der Waals surface area contributed by atoms with E-state index >= 15 is 0 Å². The van der Waals surface area contributed by atoms with Crippen molar-refractivity contribution in [2.75, 3.05) is 31.6 Å². The zero-order valence-electron chi connectivity index (χ0n) is 10.2. The molecule has 0 bridgehead atoms. The molecule has 1 aliphatic rings. The largest absolute Gasteiger partial charge is 0.378 e. The predicted molar refractivity (Wildman–Crippen MR) is 63.8 cm³/mol. The van der Waals surface area contributed by atoms with Crippen molar-refractivity contribution in [1.82, 2.24) is 15.1 Å². The number of hydrogen-bond acceptors (Lipinski definition) is 5. The molecule has 92 valence electrons. The minimum absolute atomic E-state index is 0.283. The molecule has 1 aromatic rings. The lowest BCUT2D eigenvalue weighted by Crippen LogP contribution is -2.45. The highest BCUT2D eigenvalue weighted by molar-refractivity contribution is 5.55. The molecule has 0 aliphatic carbocycles. The van der Waals surface area contributed by atoms with Crippen LogP contribution < -0.4 is 10.6 Å². The lowest BCUT2D eigenvalue weighted by molar-refractivity contribution is 0.0806. The second kappa shape index (κ2) is 5.17. The number of rotatable bonds is 3. The van der Waals surface area contributed by atoms with Crippen LogP contribution in [0, 0.1) is 18.3 Å². The Kier molecular flexibility index (Phi) is 3.61. The third-order valence-corrected chi connectivity index (χ3v) is 2.85. The maximum Gasteiger partial charge on any atom is 0.142 e. The van der Waals surface area contributed by atoms with Crippen LogP contribution in [0.1, 0.15) is 11.3 Å². The van der Waals surface area contributed by atoms with Crippen LogP contribution in [0.2, 0.25) is 0 Å². The Morgan fingerprint density at radius 3 is 3.18 bits per heavy atom. The second-order valence-corrected chi connectivity index (χ2v) is 4.15. The van der Waals surface area contributed by atoms with Gasteiger partial charge in [0.15, 0.2) is 0 Å². The smallest absolute Gasteiger partial charge is 0.142 e. The van der Waals surface area contributed by atoms with E-state index in [1.54, 1.807) is 4.68 Å². The maximum atomic E-state index is 9.07. The van der Waals surface area contributed by atoms with Crippen molar-refractivity contribution >= 4 is 5.82 Å². The summed E-state index contributed by atoms with van der Waals surface area (Å²) in [5.41, 5.74) is 1.37. The number of anilines is 1. The van der Waals surface area contributed by atoms with Gasteiger partial charge < -0.3 is 15.4 Å². The van der Waals surface area contributed by atoms with Crippen LogP contribution in [0.5, 0.6) is 0 Å². The van der Waals surface area contributed by atoms with Crippen molar-refractivity contribution in [2.24, 2.45) is 7.05 Å². The van der Waals surface area contributed by atoms with Crippen LogP contribution in [0.15, 0.2) is 0 Å². The molecular formula is C11H17N5O. The Labute approximate surface area is 101 Å². The van der Waals surface area contributed by atoms with Crippen molar-refractivity contribution < 1.29 is 4.74 Å². The average molecular weight is 235 g/mol. The topological polar surface area (TPSA) is 74.9 Å². The van der Waals surface area contributed by atoms with Gasteiger partial charge in [0.05, 0.1) is 18.9 Å². The molecule has 0 aromatic carbocycles. The minimum atomic E-state index is 0.283. The van der Waals surface area contributed by atoms with Gasteiger partial charge in [0.25, 0.3) is 0 Å². The first-order chi connectivity index (χ1) is 8.22. The first-order valence-corrected chi connectivity index (χ1v) is 5.71. The summed E-state index contributed by atoms with van der Waals surface area (Å²) in [5.74, 6) is 0.775. The highest BCUT2D eigenvalue weighted by Gasteiger charge is 2.16. The molecule has 1 unspecified atom stereocenters. The minimum Gasteiger partial charge on any atom is -0.378 e. The molecule has 2 N–H and O–H groups in total. The zero-order chi connectivity index (χ0) is 12.3. The van der Waals surface area contributed by atoms with Gasteiger partial charge in [-0.05, 0) is 6.92 Å². The first-order valence-electron chi connectivity index (χ1n) is 5.71. The molecule has 1 saturated heterocycles. The quantitative estimate of drug-likeness (QED) is 0.771. The van der Waals surface area contributed by atoms with E-state index in [0.717, 1.165) is 31.2 Å². The zero-order valence-corrected chi connectivity index (χ0v) is 10.2. The van der Waals surface area contributed by atoms with Gasteiger partial charge in [0.1, 0.15) is 17.5 Å². The normalized spacial score (nSPS) is 19.9. The van der Waals surface area contributed by atoms with Crippen molar-refractivity contribution in [1.29, 1.82) is 5.26 Å². The SMILES string of the molecule is Cc1nn(C)c(NCC2COCCN2)c1C#N. The number of hydrogen-bond donors (Lipinski definition) is 2. The summed E-state index contributed by atoms with van der Waals surface area (Å²) >= 11 is 0. The Morgan fingerprint density at radius 1 is 1.71 bits per heavy atom. The standard InChI is InChI=1S/C11H17N5O/c1-8-10(5-12)11(16(2)15-8)14-6-9-7-17-4-3-13-9/h9,13-14H,3-4,6-7H2,1-2H3. The van der Waals surface area contributed by atoms with Crippen LogP contribution in [0.4, 0.5) is 5.82 Å². The van der Waals surface area contributed by atoms with Gasteiger partial charge in [0.2, 0.25) is 0 Å². The van der Waals surface area contributed by atoms with Crippen molar-refractivity contribution in [3.8, 4) is 6.07 Å². The van der Waals surface area contributed by atoms with Crippen LogP contribution in [0.25, 0.3) is 0 Å². The number of nitriles is 1. The molecule has 2 rings (SSSR count). The summed E-state index contributed by atoms with van der Waals surface area (Å²) in [7, 11) is 1.83. The molecule has 1 atom stereocenters. The van der Waals surface area contributed by atoms with E-state index in [2.05, 4.69) is 21.8 Å². The molecule has 1 aliphatic heterocycles. The van der Waals surface area contributed by atoms with E-state index in [1.165, 1.54) is 0 Å². The molecule has 0 amide bonds.